The maximum absolute atomic E-state index is 12.3. The molecule has 0 saturated carbocycles. The predicted molar refractivity (Wildman–Crippen MR) is 100 cm³/mol. The van der Waals surface area contributed by atoms with Gasteiger partial charge in [-0.25, -0.2) is 0 Å². The van der Waals surface area contributed by atoms with Gasteiger partial charge in [0.2, 0.25) is 0 Å². The summed E-state index contributed by atoms with van der Waals surface area (Å²) < 4.78 is 0. The van der Waals surface area contributed by atoms with Crippen molar-refractivity contribution in [2.24, 2.45) is 0 Å². The van der Waals surface area contributed by atoms with E-state index in [1.54, 1.807) is 12.3 Å². The van der Waals surface area contributed by atoms with E-state index in [2.05, 4.69) is 34.7 Å². The van der Waals surface area contributed by atoms with E-state index in [0.29, 0.717) is 12.2 Å². The van der Waals surface area contributed by atoms with Gasteiger partial charge in [-0.2, -0.15) is 0 Å². The SMILES string of the molecule is CC(Nc1ccnc(C(=O)NCc2ccccc2)c1)c1ccccc1. The second kappa shape index (κ2) is 8.11. The van der Waals surface area contributed by atoms with Crippen LogP contribution in [0, 0.1) is 0 Å². The molecule has 126 valence electrons. The Balaban J connectivity index is 1.63. The van der Waals surface area contributed by atoms with Crippen molar-refractivity contribution in [2.75, 3.05) is 5.32 Å². The molecule has 0 fully saturated rings. The summed E-state index contributed by atoms with van der Waals surface area (Å²) in [5.41, 5.74) is 3.52. The van der Waals surface area contributed by atoms with Crippen LogP contribution >= 0.6 is 0 Å². The number of nitrogens with one attached hydrogen (secondary N) is 2. The van der Waals surface area contributed by atoms with Crippen LogP contribution in [0.25, 0.3) is 0 Å². The fourth-order valence-corrected chi connectivity index (χ4v) is 2.59. The number of carbonyl (C=O) groups excluding carboxylic acids is 1. The highest BCUT2D eigenvalue weighted by molar-refractivity contribution is 5.93. The third kappa shape index (κ3) is 4.67. The van der Waals surface area contributed by atoms with Crippen molar-refractivity contribution in [1.82, 2.24) is 10.3 Å². The maximum Gasteiger partial charge on any atom is 0.270 e. The maximum atomic E-state index is 12.3. The van der Waals surface area contributed by atoms with Crippen molar-refractivity contribution < 1.29 is 4.79 Å². The fourth-order valence-electron chi connectivity index (χ4n) is 2.59. The smallest absolute Gasteiger partial charge is 0.270 e. The van der Waals surface area contributed by atoms with Crippen LogP contribution in [0.5, 0.6) is 0 Å². The lowest BCUT2D eigenvalue weighted by molar-refractivity contribution is 0.0946. The Hall–Kier alpha value is -3.14. The average molecular weight is 331 g/mol. The van der Waals surface area contributed by atoms with Crippen LogP contribution < -0.4 is 10.6 Å². The Bertz CT molecular complexity index is 819. The van der Waals surface area contributed by atoms with Gasteiger partial charge in [-0.15, -0.1) is 0 Å². The van der Waals surface area contributed by atoms with E-state index in [4.69, 9.17) is 0 Å². The molecule has 0 saturated heterocycles. The number of aromatic nitrogens is 1. The number of nitrogens with zero attached hydrogens (tertiary/aromatic N) is 1. The summed E-state index contributed by atoms with van der Waals surface area (Å²) in [5, 5.41) is 6.31. The molecule has 1 atom stereocenters. The number of carbonyl (C=O) groups is 1. The molecule has 25 heavy (non-hydrogen) atoms. The van der Waals surface area contributed by atoms with E-state index in [9.17, 15) is 4.79 Å². The molecule has 2 aromatic carbocycles. The molecule has 0 aliphatic carbocycles. The van der Waals surface area contributed by atoms with Crippen LogP contribution in [-0.2, 0) is 6.54 Å². The Kier molecular flexibility index (Phi) is 5.42. The molecule has 1 amide bonds. The third-order valence-electron chi connectivity index (χ3n) is 3.97. The van der Waals surface area contributed by atoms with E-state index < -0.39 is 0 Å². The van der Waals surface area contributed by atoms with E-state index >= 15 is 0 Å². The lowest BCUT2D eigenvalue weighted by Gasteiger charge is -2.16. The van der Waals surface area contributed by atoms with Crippen LogP contribution in [0.15, 0.2) is 79.0 Å². The Morgan fingerprint density at radius 1 is 1.00 bits per heavy atom. The minimum absolute atomic E-state index is 0.142. The average Bonchev–Trinajstić information content (AvgIpc) is 2.68. The van der Waals surface area contributed by atoms with Gasteiger partial charge in [0.25, 0.3) is 5.91 Å². The van der Waals surface area contributed by atoms with Crippen LogP contribution in [0.4, 0.5) is 5.69 Å². The monoisotopic (exact) mass is 331 g/mol. The first-order valence-electron chi connectivity index (χ1n) is 8.32. The summed E-state index contributed by atoms with van der Waals surface area (Å²) in [6.07, 6.45) is 1.65. The number of pyridine rings is 1. The molecule has 1 unspecified atom stereocenters. The first-order chi connectivity index (χ1) is 12.2. The highest BCUT2D eigenvalue weighted by Crippen LogP contribution is 2.19. The first kappa shape index (κ1) is 16.7. The summed E-state index contributed by atoms with van der Waals surface area (Å²) in [4.78, 5) is 16.5. The highest BCUT2D eigenvalue weighted by atomic mass is 16.1. The minimum Gasteiger partial charge on any atom is -0.378 e. The lowest BCUT2D eigenvalue weighted by Crippen LogP contribution is -2.23. The molecule has 0 radical (unpaired) electrons. The quantitative estimate of drug-likeness (QED) is 0.712. The standard InChI is InChI=1S/C21H21N3O/c1-16(18-10-6-3-7-11-18)24-19-12-13-22-20(14-19)21(25)23-15-17-8-4-2-5-9-17/h2-14,16H,15H2,1H3,(H,22,24)(H,23,25). The Labute approximate surface area is 147 Å². The second-order valence-electron chi connectivity index (χ2n) is 5.87. The highest BCUT2D eigenvalue weighted by Gasteiger charge is 2.10. The zero-order valence-electron chi connectivity index (χ0n) is 14.1. The van der Waals surface area contributed by atoms with E-state index in [1.807, 2.05) is 54.6 Å². The number of benzene rings is 2. The molecule has 0 aliphatic heterocycles. The fraction of sp³-hybridized carbons (Fsp3) is 0.143. The van der Waals surface area contributed by atoms with Crippen LogP contribution in [0.3, 0.4) is 0 Å². The van der Waals surface area contributed by atoms with Crippen molar-refractivity contribution >= 4 is 11.6 Å². The van der Waals surface area contributed by atoms with Gasteiger partial charge in [0.05, 0.1) is 0 Å². The second-order valence-corrected chi connectivity index (χ2v) is 5.87. The predicted octanol–water partition coefficient (Wildman–Crippen LogP) is 4.18. The molecular weight excluding hydrogens is 310 g/mol. The molecule has 0 aliphatic rings. The Morgan fingerprint density at radius 2 is 1.68 bits per heavy atom. The van der Waals surface area contributed by atoms with Gasteiger partial charge in [-0.05, 0) is 30.2 Å². The Morgan fingerprint density at radius 3 is 2.40 bits per heavy atom. The summed E-state index contributed by atoms with van der Waals surface area (Å²) in [6.45, 7) is 2.57. The van der Waals surface area contributed by atoms with Crippen molar-refractivity contribution in [3.8, 4) is 0 Å². The normalized spacial score (nSPS) is 11.6. The van der Waals surface area contributed by atoms with Gasteiger partial charge in [0.15, 0.2) is 0 Å². The van der Waals surface area contributed by atoms with Crippen LogP contribution in [0.2, 0.25) is 0 Å². The number of hydrogen-bond donors (Lipinski definition) is 2. The van der Waals surface area contributed by atoms with E-state index in [1.165, 1.54) is 5.56 Å². The van der Waals surface area contributed by atoms with Crippen molar-refractivity contribution in [1.29, 1.82) is 0 Å². The minimum atomic E-state index is -0.181. The van der Waals surface area contributed by atoms with E-state index in [0.717, 1.165) is 11.3 Å². The van der Waals surface area contributed by atoms with Gasteiger partial charge in [-0.3, -0.25) is 9.78 Å². The topological polar surface area (TPSA) is 54.0 Å². The lowest BCUT2D eigenvalue weighted by atomic mass is 10.1. The largest absolute Gasteiger partial charge is 0.378 e. The molecule has 0 bridgehead atoms. The molecule has 1 heterocycles. The molecule has 3 rings (SSSR count). The zero-order valence-corrected chi connectivity index (χ0v) is 14.1. The number of rotatable bonds is 6. The summed E-state index contributed by atoms with van der Waals surface area (Å²) >= 11 is 0. The summed E-state index contributed by atoms with van der Waals surface area (Å²) in [7, 11) is 0. The van der Waals surface area contributed by atoms with Crippen molar-refractivity contribution in [3.63, 3.8) is 0 Å². The van der Waals surface area contributed by atoms with Gasteiger partial charge in [-0.1, -0.05) is 60.7 Å². The summed E-state index contributed by atoms with van der Waals surface area (Å²) in [6, 6.07) is 23.8. The number of hydrogen-bond acceptors (Lipinski definition) is 3. The first-order valence-corrected chi connectivity index (χ1v) is 8.32. The summed E-state index contributed by atoms with van der Waals surface area (Å²) in [5.74, 6) is -0.181. The molecule has 4 nitrogen and oxygen atoms in total. The van der Waals surface area contributed by atoms with Gasteiger partial charge in [0, 0.05) is 24.5 Å². The van der Waals surface area contributed by atoms with Crippen molar-refractivity contribution in [3.05, 3.63) is 95.8 Å². The molecule has 2 N–H and O–H groups in total. The third-order valence-corrected chi connectivity index (χ3v) is 3.97. The molecule has 0 spiro atoms. The van der Waals surface area contributed by atoms with Crippen LogP contribution in [0.1, 0.15) is 34.6 Å². The molecule has 4 heteroatoms. The van der Waals surface area contributed by atoms with Gasteiger partial charge >= 0.3 is 0 Å². The number of amides is 1. The van der Waals surface area contributed by atoms with Crippen LogP contribution in [-0.4, -0.2) is 10.9 Å². The van der Waals surface area contributed by atoms with Crippen molar-refractivity contribution in [2.45, 2.75) is 19.5 Å². The zero-order chi connectivity index (χ0) is 17.5. The number of anilines is 1. The van der Waals surface area contributed by atoms with Gasteiger partial charge in [0.1, 0.15) is 5.69 Å². The van der Waals surface area contributed by atoms with E-state index in [-0.39, 0.29) is 11.9 Å². The molecule has 3 aromatic rings. The molecule has 1 aromatic heterocycles. The molecular formula is C21H21N3O. The van der Waals surface area contributed by atoms with Gasteiger partial charge < -0.3 is 10.6 Å².